The standard InChI is InChI=1S/C14H24N4O2S/c1-17-9-12(8-15-17)7-14-13(16-21(2,19)20)5-6-18(14)10-11-3-4-11/h8-9,11,13-14,16H,3-7,10H2,1-2H3/t13-,14+/m0/s1. The van der Waals surface area contributed by atoms with Crippen LogP contribution in [0.25, 0.3) is 0 Å². The fraction of sp³-hybridized carbons (Fsp3) is 0.786. The summed E-state index contributed by atoms with van der Waals surface area (Å²) < 4.78 is 27.8. The van der Waals surface area contributed by atoms with Gasteiger partial charge in [0.15, 0.2) is 0 Å². The van der Waals surface area contributed by atoms with Gasteiger partial charge in [0, 0.05) is 38.4 Å². The fourth-order valence-electron chi connectivity index (χ4n) is 3.28. The van der Waals surface area contributed by atoms with Crippen LogP contribution in [0.1, 0.15) is 24.8 Å². The molecule has 0 spiro atoms. The van der Waals surface area contributed by atoms with E-state index in [0.29, 0.717) is 0 Å². The number of nitrogens with zero attached hydrogens (tertiary/aromatic N) is 3. The zero-order valence-electron chi connectivity index (χ0n) is 12.7. The third kappa shape index (κ3) is 4.05. The minimum absolute atomic E-state index is 0.0129. The maximum absolute atomic E-state index is 11.6. The minimum atomic E-state index is -3.16. The van der Waals surface area contributed by atoms with Crippen LogP contribution in [0, 0.1) is 5.92 Å². The Morgan fingerprint density at radius 1 is 1.38 bits per heavy atom. The molecule has 0 amide bonds. The van der Waals surface area contributed by atoms with Crippen molar-refractivity contribution < 1.29 is 8.42 Å². The number of hydrogen-bond donors (Lipinski definition) is 1. The van der Waals surface area contributed by atoms with Crippen molar-refractivity contribution in [1.82, 2.24) is 19.4 Å². The summed E-state index contributed by atoms with van der Waals surface area (Å²) in [4.78, 5) is 2.47. The van der Waals surface area contributed by atoms with E-state index < -0.39 is 10.0 Å². The molecule has 21 heavy (non-hydrogen) atoms. The monoisotopic (exact) mass is 312 g/mol. The number of hydrogen-bond acceptors (Lipinski definition) is 4. The largest absolute Gasteiger partial charge is 0.298 e. The smallest absolute Gasteiger partial charge is 0.209 e. The molecule has 1 saturated carbocycles. The summed E-state index contributed by atoms with van der Waals surface area (Å²) in [5, 5.41) is 4.22. The predicted octanol–water partition coefficient (Wildman–Crippen LogP) is 0.365. The summed E-state index contributed by atoms with van der Waals surface area (Å²) in [5.74, 6) is 0.818. The average Bonchev–Trinajstić information content (AvgIpc) is 3.00. The van der Waals surface area contributed by atoms with Crippen LogP contribution in [0.15, 0.2) is 12.4 Å². The maximum Gasteiger partial charge on any atom is 0.209 e. The van der Waals surface area contributed by atoms with Gasteiger partial charge in [-0.25, -0.2) is 13.1 Å². The Morgan fingerprint density at radius 2 is 2.14 bits per heavy atom. The second-order valence-electron chi connectivity index (χ2n) is 6.52. The van der Waals surface area contributed by atoms with Gasteiger partial charge >= 0.3 is 0 Å². The Kier molecular flexibility index (Phi) is 4.07. The highest BCUT2D eigenvalue weighted by Crippen LogP contribution is 2.33. The van der Waals surface area contributed by atoms with Gasteiger partial charge in [0.25, 0.3) is 0 Å². The molecule has 0 aromatic carbocycles. The average molecular weight is 312 g/mol. The van der Waals surface area contributed by atoms with Crippen LogP contribution in [-0.2, 0) is 23.5 Å². The van der Waals surface area contributed by atoms with Crippen LogP contribution in [-0.4, -0.2) is 54.5 Å². The second-order valence-corrected chi connectivity index (χ2v) is 8.30. The van der Waals surface area contributed by atoms with E-state index in [9.17, 15) is 8.42 Å². The molecule has 0 radical (unpaired) electrons. The molecule has 3 rings (SSSR count). The van der Waals surface area contributed by atoms with Crippen molar-refractivity contribution >= 4 is 10.0 Å². The molecule has 7 heteroatoms. The molecule has 2 atom stereocenters. The van der Waals surface area contributed by atoms with Crippen LogP contribution in [0.2, 0.25) is 0 Å². The molecular weight excluding hydrogens is 288 g/mol. The highest BCUT2D eigenvalue weighted by atomic mass is 32.2. The van der Waals surface area contributed by atoms with Gasteiger partial charge in [-0.1, -0.05) is 0 Å². The molecular formula is C14H24N4O2S. The van der Waals surface area contributed by atoms with Crippen molar-refractivity contribution in [2.75, 3.05) is 19.3 Å². The molecule has 6 nitrogen and oxygen atoms in total. The first-order valence-electron chi connectivity index (χ1n) is 7.59. The quantitative estimate of drug-likeness (QED) is 0.824. The van der Waals surface area contributed by atoms with Gasteiger partial charge in [0.05, 0.1) is 12.5 Å². The molecule has 1 saturated heterocycles. The Labute approximate surface area is 126 Å². The van der Waals surface area contributed by atoms with E-state index in [1.807, 2.05) is 19.4 Å². The van der Waals surface area contributed by atoms with Crippen LogP contribution in [0.5, 0.6) is 0 Å². The van der Waals surface area contributed by atoms with E-state index in [1.54, 1.807) is 4.68 Å². The van der Waals surface area contributed by atoms with E-state index in [1.165, 1.54) is 24.7 Å². The van der Waals surface area contributed by atoms with Gasteiger partial charge in [-0.15, -0.1) is 0 Å². The van der Waals surface area contributed by atoms with E-state index >= 15 is 0 Å². The molecule has 1 aliphatic heterocycles. The Hall–Kier alpha value is -0.920. The molecule has 1 aliphatic carbocycles. The molecule has 0 bridgehead atoms. The lowest BCUT2D eigenvalue weighted by atomic mass is 10.0. The molecule has 1 aromatic heterocycles. The van der Waals surface area contributed by atoms with Gasteiger partial charge in [-0.05, 0) is 37.2 Å². The number of nitrogens with one attached hydrogen (secondary N) is 1. The van der Waals surface area contributed by atoms with Crippen LogP contribution in [0.3, 0.4) is 0 Å². The SMILES string of the molecule is Cn1cc(C[C@@H]2[C@@H](NS(C)(=O)=O)CCN2CC2CC2)cn1. The van der Waals surface area contributed by atoms with Gasteiger partial charge < -0.3 is 0 Å². The normalized spacial score (nSPS) is 27.3. The van der Waals surface area contributed by atoms with Gasteiger partial charge in [0.1, 0.15) is 0 Å². The maximum atomic E-state index is 11.6. The first kappa shape index (κ1) is 15.0. The van der Waals surface area contributed by atoms with Crippen LogP contribution in [0.4, 0.5) is 0 Å². The summed E-state index contributed by atoms with van der Waals surface area (Å²) >= 11 is 0. The first-order chi connectivity index (χ1) is 9.90. The second kappa shape index (κ2) is 5.70. The number of likely N-dealkylation sites (tertiary alicyclic amines) is 1. The Morgan fingerprint density at radius 3 is 2.71 bits per heavy atom. The minimum Gasteiger partial charge on any atom is -0.298 e. The predicted molar refractivity (Wildman–Crippen MR) is 81.4 cm³/mol. The first-order valence-corrected chi connectivity index (χ1v) is 9.49. The molecule has 1 aromatic rings. The number of aryl methyl sites for hydroxylation is 1. The molecule has 1 N–H and O–H groups in total. The van der Waals surface area contributed by atoms with E-state index in [4.69, 9.17) is 0 Å². The summed E-state index contributed by atoms with van der Waals surface area (Å²) in [7, 11) is -1.25. The lowest BCUT2D eigenvalue weighted by Gasteiger charge is -2.28. The zero-order valence-corrected chi connectivity index (χ0v) is 13.5. The number of aromatic nitrogens is 2. The molecule has 2 aliphatic rings. The van der Waals surface area contributed by atoms with Crippen molar-refractivity contribution in [3.8, 4) is 0 Å². The number of sulfonamides is 1. The van der Waals surface area contributed by atoms with E-state index in [2.05, 4.69) is 14.7 Å². The highest BCUT2D eigenvalue weighted by molar-refractivity contribution is 7.88. The van der Waals surface area contributed by atoms with Crippen LogP contribution < -0.4 is 4.72 Å². The van der Waals surface area contributed by atoms with Crippen molar-refractivity contribution in [3.63, 3.8) is 0 Å². The summed E-state index contributed by atoms with van der Waals surface area (Å²) in [6, 6.07) is 0.253. The lowest BCUT2D eigenvalue weighted by Crippen LogP contribution is -2.46. The Bertz CT molecular complexity index is 594. The van der Waals surface area contributed by atoms with E-state index in [-0.39, 0.29) is 12.1 Å². The molecule has 2 fully saturated rings. The van der Waals surface area contributed by atoms with E-state index in [0.717, 1.165) is 31.8 Å². The van der Waals surface area contributed by atoms with Crippen molar-refractivity contribution in [2.45, 2.75) is 37.8 Å². The van der Waals surface area contributed by atoms with Gasteiger partial charge in [-0.2, -0.15) is 5.10 Å². The fourth-order valence-corrected chi connectivity index (χ4v) is 4.10. The molecule has 2 heterocycles. The third-order valence-corrected chi connectivity index (χ3v) is 5.15. The van der Waals surface area contributed by atoms with Crippen molar-refractivity contribution in [1.29, 1.82) is 0 Å². The topological polar surface area (TPSA) is 67.2 Å². The summed E-state index contributed by atoms with van der Waals surface area (Å²) in [6.07, 6.45) is 9.53. The summed E-state index contributed by atoms with van der Waals surface area (Å²) in [5.41, 5.74) is 1.17. The molecule has 0 unspecified atom stereocenters. The summed E-state index contributed by atoms with van der Waals surface area (Å²) in [6.45, 7) is 2.08. The highest BCUT2D eigenvalue weighted by Gasteiger charge is 2.38. The van der Waals surface area contributed by atoms with Crippen molar-refractivity contribution in [3.05, 3.63) is 18.0 Å². The Balaban J connectivity index is 1.73. The lowest BCUT2D eigenvalue weighted by molar-refractivity contribution is 0.230. The van der Waals surface area contributed by atoms with Gasteiger partial charge in [-0.3, -0.25) is 9.58 Å². The van der Waals surface area contributed by atoms with Gasteiger partial charge in [0.2, 0.25) is 10.0 Å². The van der Waals surface area contributed by atoms with Crippen molar-refractivity contribution in [2.24, 2.45) is 13.0 Å². The third-order valence-electron chi connectivity index (χ3n) is 4.42. The number of rotatable bonds is 6. The van der Waals surface area contributed by atoms with Crippen LogP contribution >= 0.6 is 0 Å². The zero-order chi connectivity index (χ0) is 15.0. The molecule has 118 valence electrons.